The Morgan fingerprint density at radius 1 is 0.605 bits per heavy atom. The van der Waals surface area contributed by atoms with E-state index in [1.807, 2.05) is 38.1 Å². The number of hydrogen-bond acceptors (Lipinski definition) is 9. The van der Waals surface area contributed by atoms with Gasteiger partial charge in [0.05, 0.1) is 11.1 Å². The van der Waals surface area contributed by atoms with Crippen molar-refractivity contribution in [1.82, 2.24) is 0 Å². The van der Waals surface area contributed by atoms with Crippen LogP contribution in [-0.4, -0.2) is 30.7 Å². The molecule has 0 aromatic heterocycles. The van der Waals surface area contributed by atoms with Gasteiger partial charge in [0.1, 0.15) is 0 Å². The summed E-state index contributed by atoms with van der Waals surface area (Å²) in [6, 6.07) is 13.7. The first kappa shape index (κ1) is 30.8. The van der Waals surface area contributed by atoms with E-state index in [-0.39, 0.29) is 11.1 Å². The summed E-state index contributed by atoms with van der Waals surface area (Å²) in [6.07, 6.45) is -2.13. The highest BCUT2D eigenvalue weighted by molar-refractivity contribution is 5.89. The lowest BCUT2D eigenvalue weighted by Crippen LogP contribution is -2.39. The molecule has 0 N–H and O–H groups in total. The zero-order valence-electron chi connectivity index (χ0n) is 23.4. The molecule has 2 rings (SSSR count). The Morgan fingerprint density at radius 2 is 0.921 bits per heavy atom. The Bertz CT molecular complexity index is 976. The summed E-state index contributed by atoms with van der Waals surface area (Å²) in [5, 5.41) is 0. The lowest BCUT2D eigenvalue weighted by Gasteiger charge is -2.30. The maximum Gasteiger partial charge on any atom is 0.513 e. The molecule has 0 saturated heterocycles. The molecule has 0 bridgehead atoms. The lowest BCUT2D eigenvalue weighted by molar-refractivity contribution is -0.371. The average Bonchev–Trinajstić information content (AvgIpc) is 2.87. The second-order valence-corrected chi connectivity index (χ2v) is 10.9. The fraction of sp³-hybridized carbons (Fsp3) is 0.483. The van der Waals surface area contributed by atoms with Gasteiger partial charge in [-0.1, -0.05) is 79.7 Å². The molecule has 0 heterocycles. The molecule has 0 aliphatic carbocycles. The quantitative estimate of drug-likeness (QED) is 0.146. The van der Waals surface area contributed by atoms with Crippen LogP contribution < -0.4 is 0 Å². The van der Waals surface area contributed by atoms with Crippen molar-refractivity contribution in [2.45, 2.75) is 80.8 Å². The second kappa shape index (κ2) is 13.4. The van der Waals surface area contributed by atoms with Gasteiger partial charge in [0.2, 0.25) is 0 Å². The number of carbonyl (C=O) groups is 3. The maximum absolute atomic E-state index is 12.6. The van der Waals surface area contributed by atoms with Crippen molar-refractivity contribution < 1.29 is 43.4 Å². The number of hydrogen-bond donors (Lipinski definition) is 0. The summed E-state index contributed by atoms with van der Waals surface area (Å²) < 4.78 is 10.6. The first-order valence-electron chi connectivity index (χ1n) is 12.5. The van der Waals surface area contributed by atoms with Crippen molar-refractivity contribution in [2.24, 2.45) is 10.8 Å². The van der Waals surface area contributed by atoms with E-state index in [0.717, 1.165) is 24.0 Å². The van der Waals surface area contributed by atoms with Gasteiger partial charge in [0.15, 0.2) is 0 Å². The van der Waals surface area contributed by atoms with Gasteiger partial charge in [-0.3, -0.25) is 9.78 Å². The Morgan fingerprint density at radius 3 is 1.18 bits per heavy atom. The summed E-state index contributed by atoms with van der Waals surface area (Å²) in [7, 11) is 0. The Balaban J connectivity index is 1.99. The van der Waals surface area contributed by atoms with E-state index < -0.39 is 41.5 Å². The van der Waals surface area contributed by atoms with Crippen LogP contribution in [-0.2, 0) is 41.9 Å². The van der Waals surface area contributed by atoms with E-state index in [2.05, 4.69) is 0 Å². The molecular weight excluding hydrogens is 492 g/mol. The SMILES string of the molecule is CCc1ccc(C(=O)OOC(OC(=O)OC(OOC(=O)c2ccc(CC)cc2)C(C)(C)C)C(C)(C)C)cc1. The molecule has 0 saturated carbocycles. The molecule has 2 aromatic carbocycles. The topological polar surface area (TPSA) is 107 Å². The van der Waals surface area contributed by atoms with Gasteiger partial charge in [-0.15, -0.1) is 9.78 Å². The first-order chi connectivity index (χ1) is 17.7. The molecule has 0 fully saturated rings. The van der Waals surface area contributed by atoms with Crippen LogP contribution in [0, 0.1) is 10.8 Å². The van der Waals surface area contributed by atoms with E-state index in [0.29, 0.717) is 0 Å². The van der Waals surface area contributed by atoms with Crippen molar-refractivity contribution in [1.29, 1.82) is 0 Å². The third kappa shape index (κ3) is 9.46. The molecular formula is C29H38O9. The molecule has 0 spiro atoms. The number of carbonyl (C=O) groups excluding carboxylic acids is 3. The molecule has 208 valence electrons. The summed E-state index contributed by atoms with van der Waals surface area (Å²) in [5.41, 5.74) is 1.12. The fourth-order valence-corrected chi connectivity index (χ4v) is 2.91. The smallest absolute Gasteiger partial charge is 0.400 e. The second-order valence-electron chi connectivity index (χ2n) is 10.9. The van der Waals surface area contributed by atoms with E-state index in [1.54, 1.807) is 65.8 Å². The number of ether oxygens (including phenoxy) is 2. The monoisotopic (exact) mass is 530 g/mol. The van der Waals surface area contributed by atoms with Gasteiger partial charge < -0.3 is 9.47 Å². The Kier molecular flexibility index (Phi) is 10.9. The molecule has 2 atom stereocenters. The van der Waals surface area contributed by atoms with E-state index >= 15 is 0 Å². The third-order valence-corrected chi connectivity index (χ3v) is 5.44. The van der Waals surface area contributed by atoms with E-state index in [1.165, 1.54) is 0 Å². The van der Waals surface area contributed by atoms with Crippen LogP contribution in [0.2, 0.25) is 0 Å². The van der Waals surface area contributed by atoms with Gasteiger partial charge in [0, 0.05) is 10.8 Å². The molecule has 2 aromatic rings. The molecule has 2 unspecified atom stereocenters. The molecule has 9 nitrogen and oxygen atoms in total. The normalized spacial score (nSPS) is 13.3. The van der Waals surface area contributed by atoms with E-state index in [9.17, 15) is 14.4 Å². The van der Waals surface area contributed by atoms with Gasteiger partial charge in [-0.05, 0) is 48.2 Å². The molecule has 38 heavy (non-hydrogen) atoms. The van der Waals surface area contributed by atoms with Crippen molar-refractivity contribution >= 4 is 18.1 Å². The van der Waals surface area contributed by atoms with Gasteiger partial charge in [-0.2, -0.15) is 0 Å². The van der Waals surface area contributed by atoms with E-state index in [4.69, 9.17) is 29.0 Å². The van der Waals surface area contributed by atoms with Crippen molar-refractivity contribution in [3.63, 3.8) is 0 Å². The third-order valence-electron chi connectivity index (χ3n) is 5.44. The summed E-state index contributed by atoms with van der Waals surface area (Å²) in [6.45, 7) is 14.3. The Hall–Kier alpha value is -3.43. The highest BCUT2D eigenvalue weighted by atomic mass is 17.2. The molecule has 0 aliphatic rings. The lowest BCUT2D eigenvalue weighted by atomic mass is 9.96. The minimum Gasteiger partial charge on any atom is -0.400 e. The zero-order valence-corrected chi connectivity index (χ0v) is 23.4. The minimum absolute atomic E-state index is 0.282. The number of aryl methyl sites for hydroxylation is 2. The highest BCUT2D eigenvalue weighted by Crippen LogP contribution is 2.28. The Labute approximate surface area is 224 Å². The highest BCUT2D eigenvalue weighted by Gasteiger charge is 2.37. The first-order valence-corrected chi connectivity index (χ1v) is 12.5. The van der Waals surface area contributed by atoms with Crippen LogP contribution in [0.15, 0.2) is 48.5 Å². The predicted molar refractivity (Wildman–Crippen MR) is 139 cm³/mol. The van der Waals surface area contributed by atoms with Crippen LogP contribution in [0.1, 0.15) is 87.2 Å². The van der Waals surface area contributed by atoms with Gasteiger partial charge in [-0.25, -0.2) is 14.4 Å². The molecule has 0 amide bonds. The summed E-state index contributed by atoms with van der Waals surface area (Å²) in [4.78, 5) is 57.7. The predicted octanol–water partition coefficient (Wildman–Crippen LogP) is 6.59. The summed E-state index contributed by atoms with van der Waals surface area (Å²) in [5.74, 6) is -1.48. The molecule has 9 heteroatoms. The largest absolute Gasteiger partial charge is 0.513 e. The number of rotatable bonds is 10. The van der Waals surface area contributed by atoms with Gasteiger partial charge in [0.25, 0.3) is 12.6 Å². The van der Waals surface area contributed by atoms with Crippen LogP contribution in [0.4, 0.5) is 4.79 Å². The zero-order chi connectivity index (χ0) is 28.5. The minimum atomic E-state index is -1.31. The van der Waals surface area contributed by atoms with Crippen LogP contribution >= 0.6 is 0 Å². The number of benzene rings is 2. The van der Waals surface area contributed by atoms with Crippen LogP contribution in [0.25, 0.3) is 0 Å². The van der Waals surface area contributed by atoms with Crippen molar-refractivity contribution in [2.75, 3.05) is 0 Å². The maximum atomic E-state index is 12.6. The van der Waals surface area contributed by atoms with Gasteiger partial charge >= 0.3 is 18.1 Å². The summed E-state index contributed by atoms with van der Waals surface area (Å²) >= 11 is 0. The van der Waals surface area contributed by atoms with Crippen LogP contribution in [0.5, 0.6) is 0 Å². The average molecular weight is 531 g/mol. The standard InChI is InChI=1S/C29H38O9/c1-9-19-11-15-21(16-12-19)23(30)35-37-25(28(3,4)5)33-27(32)34-26(29(6,7)8)38-36-24(31)22-17-13-20(10-2)14-18-22/h11-18,25-26H,9-10H2,1-8H3. The van der Waals surface area contributed by atoms with Crippen LogP contribution in [0.3, 0.4) is 0 Å². The molecule has 0 radical (unpaired) electrons. The van der Waals surface area contributed by atoms with Crippen molar-refractivity contribution in [3.8, 4) is 0 Å². The molecule has 0 aliphatic heterocycles. The van der Waals surface area contributed by atoms with Crippen molar-refractivity contribution in [3.05, 3.63) is 70.8 Å². The fourth-order valence-electron chi connectivity index (χ4n) is 2.91.